The van der Waals surface area contributed by atoms with Crippen LogP contribution in [-0.4, -0.2) is 62.1 Å². The fraction of sp³-hybridized carbons (Fsp3) is 0.571. The molecule has 1 amide bonds. The third-order valence-electron chi connectivity index (χ3n) is 5.64. The van der Waals surface area contributed by atoms with Crippen molar-refractivity contribution < 1.29 is 13.9 Å². The first kappa shape index (κ1) is 19.1. The van der Waals surface area contributed by atoms with Gasteiger partial charge in [0.05, 0.1) is 0 Å². The molecular formula is C21H29FN2O2. The standard InChI is InChI=1S/C21H29FN2O2/c1-26-15-3-12-24-17-21(16-20(24)25)9-13-23(14-10-21)11-2-4-18-5-7-19(22)8-6-18/h2,4-8H,3,9-17H2,1H3. The molecule has 2 fully saturated rings. The summed E-state index contributed by atoms with van der Waals surface area (Å²) in [5.41, 5.74) is 1.20. The average Bonchev–Trinajstić information content (AvgIpc) is 2.94. The minimum Gasteiger partial charge on any atom is -0.385 e. The van der Waals surface area contributed by atoms with Gasteiger partial charge in [0.1, 0.15) is 5.82 Å². The molecule has 0 aromatic heterocycles. The van der Waals surface area contributed by atoms with Gasteiger partial charge in [0.2, 0.25) is 5.91 Å². The third-order valence-corrected chi connectivity index (χ3v) is 5.64. The molecule has 1 aromatic carbocycles. The van der Waals surface area contributed by atoms with Crippen LogP contribution in [0.5, 0.6) is 0 Å². The predicted octanol–water partition coefficient (Wildman–Crippen LogP) is 3.19. The highest BCUT2D eigenvalue weighted by Gasteiger charge is 2.44. The van der Waals surface area contributed by atoms with Gasteiger partial charge in [-0.3, -0.25) is 9.69 Å². The Balaban J connectivity index is 1.44. The molecule has 1 aromatic rings. The number of carbonyl (C=O) groups excluding carboxylic acids is 1. The van der Waals surface area contributed by atoms with E-state index < -0.39 is 0 Å². The predicted molar refractivity (Wildman–Crippen MR) is 101 cm³/mol. The van der Waals surface area contributed by atoms with Gasteiger partial charge in [0, 0.05) is 39.8 Å². The highest BCUT2D eigenvalue weighted by atomic mass is 19.1. The van der Waals surface area contributed by atoms with Crippen molar-refractivity contribution in [1.29, 1.82) is 0 Å². The Morgan fingerprint density at radius 1 is 1.23 bits per heavy atom. The van der Waals surface area contributed by atoms with Gasteiger partial charge in [-0.1, -0.05) is 24.3 Å². The van der Waals surface area contributed by atoms with Crippen molar-refractivity contribution in [3.05, 3.63) is 41.7 Å². The summed E-state index contributed by atoms with van der Waals surface area (Å²) < 4.78 is 18.0. The summed E-state index contributed by atoms with van der Waals surface area (Å²) in [4.78, 5) is 16.8. The van der Waals surface area contributed by atoms with E-state index in [2.05, 4.69) is 11.0 Å². The van der Waals surface area contributed by atoms with Crippen LogP contribution in [0.1, 0.15) is 31.2 Å². The van der Waals surface area contributed by atoms with Crippen LogP contribution in [0.15, 0.2) is 30.3 Å². The Kier molecular flexibility index (Phi) is 6.43. The van der Waals surface area contributed by atoms with E-state index in [-0.39, 0.29) is 11.2 Å². The zero-order chi connectivity index (χ0) is 18.4. The van der Waals surface area contributed by atoms with Crippen LogP contribution < -0.4 is 0 Å². The van der Waals surface area contributed by atoms with E-state index in [1.54, 1.807) is 19.2 Å². The summed E-state index contributed by atoms with van der Waals surface area (Å²) in [7, 11) is 1.70. The van der Waals surface area contributed by atoms with Crippen molar-refractivity contribution in [2.24, 2.45) is 5.41 Å². The van der Waals surface area contributed by atoms with E-state index in [0.29, 0.717) is 18.9 Å². The van der Waals surface area contributed by atoms with Gasteiger partial charge in [-0.25, -0.2) is 4.39 Å². The number of methoxy groups -OCH3 is 1. The Hall–Kier alpha value is -1.72. The molecule has 0 bridgehead atoms. The van der Waals surface area contributed by atoms with Gasteiger partial charge in [0.25, 0.3) is 0 Å². The summed E-state index contributed by atoms with van der Waals surface area (Å²) >= 11 is 0. The maximum atomic E-state index is 12.9. The minimum atomic E-state index is -0.203. The van der Waals surface area contributed by atoms with Crippen molar-refractivity contribution in [1.82, 2.24) is 9.80 Å². The number of carbonyl (C=O) groups is 1. The molecule has 2 saturated heterocycles. The van der Waals surface area contributed by atoms with Gasteiger partial charge < -0.3 is 9.64 Å². The zero-order valence-corrected chi connectivity index (χ0v) is 15.6. The summed E-state index contributed by atoms with van der Waals surface area (Å²) in [5.74, 6) is 0.108. The van der Waals surface area contributed by atoms with Crippen LogP contribution in [0.25, 0.3) is 6.08 Å². The van der Waals surface area contributed by atoms with Gasteiger partial charge in [0.15, 0.2) is 0 Å². The number of hydrogen-bond acceptors (Lipinski definition) is 3. The summed E-state index contributed by atoms with van der Waals surface area (Å²) in [6, 6.07) is 6.55. The normalized spacial score (nSPS) is 20.5. The fourth-order valence-electron chi connectivity index (χ4n) is 4.04. The summed E-state index contributed by atoms with van der Waals surface area (Å²) in [6.45, 7) is 5.41. The van der Waals surface area contributed by atoms with Gasteiger partial charge in [-0.05, 0) is 55.5 Å². The third kappa shape index (κ3) is 4.92. The van der Waals surface area contributed by atoms with Gasteiger partial charge >= 0.3 is 0 Å². The lowest BCUT2D eigenvalue weighted by molar-refractivity contribution is -0.128. The lowest BCUT2D eigenvalue weighted by Crippen LogP contribution is -2.41. The molecule has 1 spiro atoms. The molecule has 4 nitrogen and oxygen atoms in total. The molecule has 0 radical (unpaired) electrons. The highest BCUT2D eigenvalue weighted by Crippen LogP contribution is 2.40. The van der Waals surface area contributed by atoms with Crippen molar-refractivity contribution in [2.75, 3.05) is 46.4 Å². The minimum absolute atomic E-state index is 0.182. The number of halogens is 1. The van der Waals surface area contributed by atoms with Crippen LogP contribution in [0.4, 0.5) is 4.39 Å². The van der Waals surface area contributed by atoms with Crippen LogP contribution in [0, 0.1) is 11.2 Å². The molecule has 26 heavy (non-hydrogen) atoms. The topological polar surface area (TPSA) is 32.8 Å². The first-order chi connectivity index (χ1) is 12.6. The van der Waals surface area contributed by atoms with E-state index in [9.17, 15) is 9.18 Å². The molecule has 0 N–H and O–H groups in total. The molecule has 2 aliphatic heterocycles. The van der Waals surface area contributed by atoms with Crippen LogP contribution in [-0.2, 0) is 9.53 Å². The molecule has 2 aliphatic rings. The first-order valence-corrected chi connectivity index (χ1v) is 9.51. The van der Waals surface area contributed by atoms with Gasteiger partial charge in [-0.2, -0.15) is 0 Å². The molecule has 2 heterocycles. The SMILES string of the molecule is COCCCN1CC2(CCN(CC=Cc3ccc(F)cc3)CC2)CC1=O. The molecule has 0 unspecified atom stereocenters. The van der Waals surface area contributed by atoms with E-state index >= 15 is 0 Å². The van der Waals surface area contributed by atoms with Gasteiger partial charge in [-0.15, -0.1) is 0 Å². The fourth-order valence-corrected chi connectivity index (χ4v) is 4.04. The first-order valence-electron chi connectivity index (χ1n) is 9.51. The largest absolute Gasteiger partial charge is 0.385 e. The summed E-state index contributed by atoms with van der Waals surface area (Å²) in [5, 5.41) is 0. The number of amides is 1. The molecule has 0 aliphatic carbocycles. The molecular weight excluding hydrogens is 331 g/mol. The second-order valence-corrected chi connectivity index (χ2v) is 7.59. The van der Waals surface area contributed by atoms with Crippen LogP contribution >= 0.6 is 0 Å². The van der Waals surface area contributed by atoms with Crippen LogP contribution in [0.3, 0.4) is 0 Å². The zero-order valence-electron chi connectivity index (χ0n) is 15.6. The number of piperidine rings is 1. The molecule has 5 heteroatoms. The van der Waals surface area contributed by atoms with Crippen molar-refractivity contribution in [2.45, 2.75) is 25.7 Å². The van der Waals surface area contributed by atoms with Crippen LogP contribution in [0.2, 0.25) is 0 Å². The second-order valence-electron chi connectivity index (χ2n) is 7.59. The number of benzene rings is 1. The van der Waals surface area contributed by atoms with E-state index in [1.165, 1.54) is 12.1 Å². The average molecular weight is 360 g/mol. The Morgan fingerprint density at radius 3 is 2.65 bits per heavy atom. The van der Waals surface area contributed by atoms with Crippen molar-refractivity contribution >= 4 is 12.0 Å². The maximum absolute atomic E-state index is 12.9. The molecule has 0 saturated carbocycles. The Morgan fingerprint density at radius 2 is 1.96 bits per heavy atom. The number of likely N-dealkylation sites (tertiary alicyclic amines) is 2. The lowest BCUT2D eigenvalue weighted by atomic mass is 9.77. The Labute approximate surface area is 155 Å². The molecule has 142 valence electrons. The maximum Gasteiger partial charge on any atom is 0.223 e. The second kappa shape index (κ2) is 8.78. The number of ether oxygens (including phenoxy) is 1. The number of nitrogens with zero attached hydrogens (tertiary/aromatic N) is 2. The Bertz CT molecular complexity index is 621. The van der Waals surface area contributed by atoms with E-state index in [0.717, 1.165) is 57.5 Å². The molecule has 3 rings (SSSR count). The summed E-state index contributed by atoms with van der Waals surface area (Å²) in [6.07, 6.45) is 7.98. The van der Waals surface area contributed by atoms with Crippen molar-refractivity contribution in [3.63, 3.8) is 0 Å². The monoisotopic (exact) mass is 360 g/mol. The molecule has 0 atom stereocenters. The number of hydrogen-bond donors (Lipinski definition) is 0. The lowest BCUT2D eigenvalue weighted by Gasteiger charge is -2.38. The van der Waals surface area contributed by atoms with E-state index in [1.807, 2.05) is 11.0 Å². The van der Waals surface area contributed by atoms with E-state index in [4.69, 9.17) is 4.74 Å². The van der Waals surface area contributed by atoms with Crippen molar-refractivity contribution in [3.8, 4) is 0 Å². The quantitative estimate of drug-likeness (QED) is 0.700. The smallest absolute Gasteiger partial charge is 0.223 e. The number of rotatable bonds is 7. The highest BCUT2D eigenvalue weighted by molar-refractivity contribution is 5.79.